The van der Waals surface area contributed by atoms with Gasteiger partial charge in [0.25, 0.3) is 0 Å². The SMILES string of the molecule is COc1cc(OC)c(NC(=O)[C@@H]2[C@H](C(=O)O)C2(C)C)cc1Br. The van der Waals surface area contributed by atoms with Gasteiger partial charge < -0.3 is 19.9 Å². The number of carbonyl (C=O) groups excluding carboxylic acids is 1. The Morgan fingerprint density at radius 2 is 1.77 bits per heavy atom. The second-order valence-electron chi connectivity index (χ2n) is 5.79. The van der Waals surface area contributed by atoms with Crippen LogP contribution in [-0.4, -0.2) is 31.2 Å². The number of carbonyl (C=O) groups is 2. The minimum atomic E-state index is -0.951. The third-order valence-corrected chi connectivity index (χ3v) is 4.73. The summed E-state index contributed by atoms with van der Waals surface area (Å²) in [4.78, 5) is 23.5. The lowest BCUT2D eigenvalue weighted by Gasteiger charge is -2.13. The lowest BCUT2D eigenvalue weighted by molar-refractivity contribution is -0.140. The summed E-state index contributed by atoms with van der Waals surface area (Å²) in [5.41, 5.74) is -0.0839. The minimum Gasteiger partial charge on any atom is -0.495 e. The van der Waals surface area contributed by atoms with Crippen LogP contribution in [-0.2, 0) is 9.59 Å². The van der Waals surface area contributed by atoms with Crippen LogP contribution in [0.25, 0.3) is 0 Å². The monoisotopic (exact) mass is 371 g/mol. The highest BCUT2D eigenvalue weighted by Crippen LogP contribution is 2.58. The molecule has 0 unspecified atom stereocenters. The molecule has 7 heteroatoms. The summed E-state index contributed by atoms with van der Waals surface area (Å²) in [6, 6.07) is 3.31. The van der Waals surface area contributed by atoms with E-state index in [0.29, 0.717) is 21.7 Å². The van der Waals surface area contributed by atoms with Crippen molar-refractivity contribution < 1.29 is 24.2 Å². The lowest BCUT2D eigenvalue weighted by atomic mass is 10.1. The molecule has 1 aliphatic rings. The van der Waals surface area contributed by atoms with E-state index in [4.69, 9.17) is 14.6 Å². The highest BCUT2D eigenvalue weighted by Gasteiger charge is 2.65. The van der Waals surface area contributed by atoms with Crippen molar-refractivity contribution in [3.63, 3.8) is 0 Å². The molecule has 2 atom stereocenters. The van der Waals surface area contributed by atoms with Crippen LogP contribution in [0.5, 0.6) is 11.5 Å². The summed E-state index contributed by atoms with van der Waals surface area (Å²) in [7, 11) is 3.02. The van der Waals surface area contributed by atoms with Gasteiger partial charge in [-0.25, -0.2) is 0 Å². The standard InChI is InChI=1S/C15H18BrNO5/c1-15(2)11(12(15)14(19)20)13(18)17-8-5-7(16)9(21-3)6-10(8)22-4/h5-6,11-12H,1-4H3,(H,17,18)(H,19,20)/t11-,12+/m0/s1. The number of hydrogen-bond acceptors (Lipinski definition) is 4. The van der Waals surface area contributed by atoms with Gasteiger partial charge in [-0.2, -0.15) is 0 Å². The minimum absolute atomic E-state index is 0.326. The van der Waals surface area contributed by atoms with Crippen molar-refractivity contribution in [2.75, 3.05) is 19.5 Å². The van der Waals surface area contributed by atoms with Gasteiger partial charge in [0.2, 0.25) is 5.91 Å². The number of hydrogen-bond donors (Lipinski definition) is 2. The van der Waals surface area contributed by atoms with Crippen LogP contribution in [0.4, 0.5) is 5.69 Å². The van der Waals surface area contributed by atoms with Crippen molar-refractivity contribution >= 4 is 33.5 Å². The Bertz CT molecular complexity index is 629. The number of benzene rings is 1. The number of methoxy groups -OCH3 is 2. The number of rotatable bonds is 5. The first-order valence-corrected chi connectivity index (χ1v) is 7.48. The van der Waals surface area contributed by atoms with Gasteiger partial charge in [-0.1, -0.05) is 13.8 Å². The van der Waals surface area contributed by atoms with E-state index in [1.165, 1.54) is 14.2 Å². The third-order valence-electron chi connectivity index (χ3n) is 4.11. The van der Waals surface area contributed by atoms with Crippen molar-refractivity contribution in [2.45, 2.75) is 13.8 Å². The number of anilines is 1. The largest absolute Gasteiger partial charge is 0.495 e. The van der Waals surface area contributed by atoms with Crippen LogP contribution in [0.3, 0.4) is 0 Å². The molecule has 1 aromatic rings. The van der Waals surface area contributed by atoms with Gasteiger partial charge >= 0.3 is 5.97 Å². The fourth-order valence-electron chi connectivity index (χ4n) is 2.76. The molecule has 1 aliphatic carbocycles. The molecule has 1 aromatic carbocycles. The predicted molar refractivity (Wildman–Crippen MR) is 84.3 cm³/mol. The van der Waals surface area contributed by atoms with Crippen LogP contribution < -0.4 is 14.8 Å². The predicted octanol–water partition coefficient (Wildman–Crippen LogP) is 2.76. The Labute approximate surface area is 136 Å². The summed E-state index contributed by atoms with van der Waals surface area (Å²) in [6.07, 6.45) is 0. The summed E-state index contributed by atoms with van der Waals surface area (Å²) in [5.74, 6) is -1.49. The molecule has 22 heavy (non-hydrogen) atoms. The van der Waals surface area contributed by atoms with E-state index in [-0.39, 0.29) is 5.91 Å². The summed E-state index contributed by atoms with van der Waals surface area (Å²) < 4.78 is 11.1. The zero-order chi connectivity index (χ0) is 16.7. The van der Waals surface area contributed by atoms with Gasteiger partial charge in [0.15, 0.2) is 0 Å². The highest BCUT2D eigenvalue weighted by atomic mass is 79.9. The van der Waals surface area contributed by atoms with E-state index in [9.17, 15) is 9.59 Å². The number of ether oxygens (including phenoxy) is 2. The number of nitrogens with one attached hydrogen (secondary N) is 1. The first-order chi connectivity index (χ1) is 10.2. The maximum Gasteiger partial charge on any atom is 0.307 e. The molecule has 2 rings (SSSR count). The van der Waals surface area contributed by atoms with Gasteiger partial charge in [0.05, 0.1) is 36.2 Å². The fraction of sp³-hybridized carbons (Fsp3) is 0.467. The van der Waals surface area contributed by atoms with E-state index in [0.717, 1.165) is 0 Å². The Hall–Kier alpha value is -1.76. The van der Waals surface area contributed by atoms with Gasteiger partial charge in [-0.3, -0.25) is 9.59 Å². The fourth-order valence-corrected chi connectivity index (χ4v) is 3.26. The molecule has 0 aliphatic heterocycles. The van der Waals surface area contributed by atoms with Gasteiger partial charge in [0.1, 0.15) is 11.5 Å². The Morgan fingerprint density at radius 1 is 1.18 bits per heavy atom. The Morgan fingerprint density at radius 3 is 2.23 bits per heavy atom. The molecule has 1 fully saturated rings. The molecule has 0 radical (unpaired) electrons. The zero-order valence-electron chi connectivity index (χ0n) is 12.8. The molecule has 1 saturated carbocycles. The molecule has 0 heterocycles. The average Bonchev–Trinajstić information content (AvgIpc) is 3.02. The lowest BCUT2D eigenvalue weighted by Crippen LogP contribution is -2.18. The number of carboxylic acids is 1. The molecule has 0 saturated heterocycles. The summed E-state index contributed by atoms with van der Waals surface area (Å²) in [5, 5.41) is 11.9. The summed E-state index contributed by atoms with van der Waals surface area (Å²) >= 11 is 3.34. The van der Waals surface area contributed by atoms with Crippen molar-refractivity contribution in [3.05, 3.63) is 16.6 Å². The second kappa shape index (κ2) is 5.79. The molecule has 0 aromatic heterocycles. The Kier molecular flexibility index (Phi) is 4.37. The molecular formula is C15H18BrNO5. The maximum atomic E-state index is 12.4. The van der Waals surface area contributed by atoms with E-state index in [1.54, 1.807) is 26.0 Å². The highest BCUT2D eigenvalue weighted by molar-refractivity contribution is 9.10. The number of halogens is 1. The van der Waals surface area contributed by atoms with E-state index < -0.39 is 23.2 Å². The van der Waals surface area contributed by atoms with Crippen LogP contribution in [0.2, 0.25) is 0 Å². The van der Waals surface area contributed by atoms with Crippen LogP contribution >= 0.6 is 15.9 Å². The second-order valence-corrected chi connectivity index (χ2v) is 6.65. The van der Waals surface area contributed by atoms with E-state index in [2.05, 4.69) is 21.2 Å². The van der Waals surface area contributed by atoms with Crippen LogP contribution in [0, 0.1) is 17.3 Å². The van der Waals surface area contributed by atoms with E-state index >= 15 is 0 Å². The number of aliphatic carboxylic acids is 1. The van der Waals surface area contributed by atoms with Crippen LogP contribution in [0.1, 0.15) is 13.8 Å². The van der Waals surface area contributed by atoms with Gasteiger partial charge in [0, 0.05) is 6.07 Å². The molecule has 0 bridgehead atoms. The first-order valence-electron chi connectivity index (χ1n) is 6.69. The third kappa shape index (κ3) is 2.77. The quantitative estimate of drug-likeness (QED) is 0.830. The molecule has 6 nitrogen and oxygen atoms in total. The number of carboxylic acid groups (broad SMARTS) is 1. The first kappa shape index (κ1) is 16.6. The molecule has 0 spiro atoms. The molecular weight excluding hydrogens is 354 g/mol. The van der Waals surface area contributed by atoms with Crippen molar-refractivity contribution in [2.24, 2.45) is 17.3 Å². The zero-order valence-corrected chi connectivity index (χ0v) is 14.4. The average molecular weight is 372 g/mol. The molecule has 120 valence electrons. The summed E-state index contributed by atoms with van der Waals surface area (Å²) in [6.45, 7) is 3.55. The Balaban J connectivity index is 2.23. The smallest absolute Gasteiger partial charge is 0.307 e. The van der Waals surface area contributed by atoms with Crippen LogP contribution in [0.15, 0.2) is 16.6 Å². The molecule has 1 amide bonds. The topological polar surface area (TPSA) is 84.9 Å². The van der Waals surface area contributed by atoms with Crippen molar-refractivity contribution in [1.29, 1.82) is 0 Å². The molecule has 2 N–H and O–H groups in total. The van der Waals surface area contributed by atoms with Gasteiger partial charge in [-0.05, 0) is 27.4 Å². The van der Waals surface area contributed by atoms with Gasteiger partial charge in [-0.15, -0.1) is 0 Å². The number of amides is 1. The van der Waals surface area contributed by atoms with Crippen molar-refractivity contribution in [1.82, 2.24) is 0 Å². The van der Waals surface area contributed by atoms with E-state index in [1.807, 2.05) is 0 Å². The maximum absolute atomic E-state index is 12.4. The van der Waals surface area contributed by atoms with Crippen molar-refractivity contribution in [3.8, 4) is 11.5 Å². The normalized spacial score (nSPS) is 21.9.